The molecule has 0 unspecified atom stereocenters. The molecule has 0 aliphatic rings. The molecular weight excluding hydrogens is 452 g/mol. The Labute approximate surface area is 206 Å². The highest BCUT2D eigenvalue weighted by Crippen LogP contribution is 2.15. The number of rotatable bonds is 10. The van der Waals surface area contributed by atoms with Gasteiger partial charge in [-0.2, -0.15) is 0 Å². The summed E-state index contributed by atoms with van der Waals surface area (Å²) < 4.78 is 15.4. The van der Waals surface area contributed by atoms with E-state index in [1.807, 2.05) is 44.4 Å². The molecule has 1 aromatic carbocycles. The second-order valence-corrected chi connectivity index (χ2v) is 9.10. The van der Waals surface area contributed by atoms with Crippen molar-refractivity contribution in [1.82, 2.24) is 15.3 Å². The van der Waals surface area contributed by atoms with Crippen LogP contribution in [0.15, 0.2) is 36.4 Å². The van der Waals surface area contributed by atoms with Crippen LogP contribution in [0.1, 0.15) is 44.3 Å². The third-order valence-electron chi connectivity index (χ3n) is 4.65. The normalized spacial score (nSPS) is 11.8. The predicted octanol–water partition coefficient (Wildman–Crippen LogP) is 2.83. The molecule has 0 fully saturated rings. The lowest BCUT2D eigenvalue weighted by molar-refractivity contribution is -0.154. The molecule has 2 aromatic rings. The molecule has 1 aromatic heterocycles. The molecule has 35 heavy (non-hydrogen) atoms. The Morgan fingerprint density at radius 3 is 2.37 bits per heavy atom. The summed E-state index contributed by atoms with van der Waals surface area (Å²) in [7, 11) is 4.88. The Morgan fingerprint density at radius 1 is 1.09 bits per heavy atom. The van der Waals surface area contributed by atoms with Crippen molar-refractivity contribution in [1.29, 1.82) is 0 Å². The Hall–Kier alpha value is -3.69. The summed E-state index contributed by atoms with van der Waals surface area (Å²) >= 11 is 0. The minimum Gasteiger partial charge on any atom is -0.467 e. The van der Waals surface area contributed by atoms with Crippen LogP contribution in [0.3, 0.4) is 0 Å². The third-order valence-corrected chi connectivity index (χ3v) is 4.65. The Morgan fingerprint density at radius 2 is 1.77 bits per heavy atom. The van der Waals surface area contributed by atoms with Crippen molar-refractivity contribution in [2.75, 3.05) is 26.1 Å². The van der Waals surface area contributed by atoms with E-state index in [1.165, 1.54) is 7.11 Å². The number of hydrogen-bond acceptors (Lipinski definition) is 9. The van der Waals surface area contributed by atoms with Gasteiger partial charge in [0, 0.05) is 38.7 Å². The number of methoxy groups -OCH3 is 1. The number of amides is 1. The molecule has 1 N–H and O–H groups in total. The SMILES string of the molecule is COC(=O)[C@H](Cc1cc(N(C)C)nc(CCC(=O)OC(C)(C)C)n1)NC(=O)OCc1ccccc1. The first-order valence-corrected chi connectivity index (χ1v) is 11.3. The fraction of sp³-hybridized carbons (Fsp3) is 0.480. The zero-order valence-corrected chi connectivity index (χ0v) is 21.2. The molecule has 0 aliphatic heterocycles. The number of aryl methyl sites for hydroxylation is 1. The first-order chi connectivity index (χ1) is 16.5. The number of alkyl carbamates (subject to hydrolysis) is 1. The molecule has 1 heterocycles. The largest absolute Gasteiger partial charge is 0.467 e. The van der Waals surface area contributed by atoms with Gasteiger partial charge in [-0.25, -0.2) is 19.6 Å². The number of nitrogens with zero attached hydrogens (tertiary/aromatic N) is 3. The monoisotopic (exact) mass is 486 g/mol. The first-order valence-electron chi connectivity index (χ1n) is 11.3. The maximum absolute atomic E-state index is 12.4. The fourth-order valence-electron chi connectivity index (χ4n) is 3.04. The summed E-state index contributed by atoms with van der Waals surface area (Å²) in [5, 5.41) is 2.55. The van der Waals surface area contributed by atoms with E-state index in [2.05, 4.69) is 15.3 Å². The van der Waals surface area contributed by atoms with Crippen LogP contribution in [0, 0.1) is 0 Å². The Kier molecular flexibility index (Phi) is 9.98. The number of ether oxygens (including phenoxy) is 3. The zero-order chi connectivity index (χ0) is 26.0. The highest BCUT2D eigenvalue weighted by atomic mass is 16.6. The molecular formula is C25H34N4O6. The van der Waals surface area contributed by atoms with E-state index in [0.717, 1.165) is 5.56 Å². The van der Waals surface area contributed by atoms with Crippen LogP contribution in [0.4, 0.5) is 10.6 Å². The first kappa shape index (κ1) is 27.6. The second kappa shape index (κ2) is 12.7. The quantitative estimate of drug-likeness (QED) is 0.399. The number of hydrogen-bond donors (Lipinski definition) is 1. The number of benzene rings is 1. The van der Waals surface area contributed by atoms with Gasteiger partial charge >= 0.3 is 18.0 Å². The summed E-state index contributed by atoms with van der Waals surface area (Å²) in [6.07, 6.45) is -0.330. The third kappa shape index (κ3) is 9.99. The summed E-state index contributed by atoms with van der Waals surface area (Å²) in [6.45, 7) is 5.47. The standard InChI is InChI=1S/C25H34N4O6/c1-25(2,3)35-22(30)13-12-20-26-18(15-21(28-20)29(4)5)14-19(23(31)33-6)27-24(32)34-16-17-10-8-7-9-11-17/h7-11,15,19H,12-14,16H2,1-6H3,(H,27,32)/t19-/m0/s1. The van der Waals surface area contributed by atoms with E-state index in [1.54, 1.807) is 31.7 Å². The minimum absolute atomic E-state index is 0.0515. The molecule has 1 amide bonds. The Balaban J connectivity index is 2.11. The molecule has 10 heteroatoms. The molecule has 0 spiro atoms. The topological polar surface area (TPSA) is 120 Å². The summed E-state index contributed by atoms with van der Waals surface area (Å²) in [4.78, 5) is 47.6. The van der Waals surface area contributed by atoms with Crippen molar-refractivity contribution in [2.45, 2.75) is 58.3 Å². The van der Waals surface area contributed by atoms with E-state index in [4.69, 9.17) is 14.2 Å². The molecule has 0 saturated heterocycles. The number of carbonyl (C=O) groups is 3. The summed E-state index contributed by atoms with van der Waals surface area (Å²) in [5.41, 5.74) is 0.739. The maximum atomic E-state index is 12.4. The van der Waals surface area contributed by atoms with Crippen LogP contribution in [0.2, 0.25) is 0 Å². The van der Waals surface area contributed by atoms with E-state index < -0.39 is 23.7 Å². The van der Waals surface area contributed by atoms with E-state index in [-0.39, 0.29) is 31.8 Å². The van der Waals surface area contributed by atoms with Crippen LogP contribution in [-0.2, 0) is 43.2 Å². The van der Waals surface area contributed by atoms with Crippen molar-refractivity contribution in [2.24, 2.45) is 0 Å². The molecule has 10 nitrogen and oxygen atoms in total. The number of aromatic nitrogens is 2. The minimum atomic E-state index is -1.02. The van der Waals surface area contributed by atoms with Crippen LogP contribution in [0.5, 0.6) is 0 Å². The van der Waals surface area contributed by atoms with Gasteiger partial charge in [-0.05, 0) is 26.3 Å². The smallest absolute Gasteiger partial charge is 0.408 e. The molecule has 0 bridgehead atoms. The Bertz CT molecular complexity index is 1000. The average Bonchev–Trinajstić information content (AvgIpc) is 2.80. The van der Waals surface area contributed by atoms with Gasteiger partial charge in [0.1, 0.15) is 29.9 Å². The van der Waals surface area contributed by atoms with Gasteiger partial charge in [0.25, 0.3) is 0 Å². The number of nitrogens with one attached hydrogen (secondary N) is 1. The van der Waals surface area contributed by atoms with Crippen LogP contribution < -0.4 is 10.2 Å². The van der Waals surface area contributed by atoms with Gasteiger partial charge in [0.2, 0.25) is 0 Å². The molecule has 1 atom stereocenters. The number of carbonyl (C=O) groups excluding carboxylic acids is 3. The van der Waals surface area contributed by atoms with E-state index >= 15 is 0 Å². The highest BCUT2D eigenvalue weighted by Gasteiger charge is 2.24. The van der Waals surface area contributed by atoms with Gasteiger partial charge in [-0.1, -0.05) is 30.3 Å². The molecule has 2 rings (SSSR count). The molecule has 0 radical (unpaired) electrons. The zero-order valence-electron chi connectivity index (χ0n) is 21.2. The maximum Gasteiger partial charge on any atom is 0.408 e. The lowest BCUT2D eigenvalue weighted by atomic mass is 10.1. The summed E-state index contributed by atoms with van der Waals surface area (Å²) in [5.74, 6) is 0.0342. The number of esters is 2. The van der Waals surface area contributed by atoms with Crippen LogP contribution in [0.25, 0.3) is 0 Å². The summed E-state index contributed by atoms with van der Waals surface area (Å²) in [6, 6.07) is 9.89. The van der Waals surface area contributed by atoms with Gasteiger partial charge in [-0.3, -0.25) is 4.79 Å². The van der Waals surface area contributed by atoms with Crippen molar-refractivity contribution in [3.8, 4) is 0 Å². The predicted molar refractivity (Wildman–Crippen MR) is 130 cm³/mol. The van der Waals surface area contributed by atoms with Gasteiger partial charge < -0.3 is 24.4 Å². The van der Waals surface area contributed by atoms with Crippen molar-refractivity contribution < 1.29 is 28.6 Å². The average molecular weight is 487 g/mol. The van der Waals surface area contributed by atoms with Crippen LogP contribution >= 0.6 is 0 Å². The van der Waals surface area contributed by atoms with Crippen LogP contribution in [-0.4, -0.2) is 60.8 Å². The van der Waals surface area contributed by atoms with Gasteiger partial charge in [-0.15, -0.1) is 0 Å². The van der Waals surface area contributed by atoms with Crippen molar-refractivity contribution in [3.63, 3.8) is 0 Å². The van der Waals surface area contributed by atoms with Crippen molar-refractivity contribution >= 4 is 23.8 Å². The number of anilines is 1. The molecule has 0 saturated carbocycles. The molecule has 190 valence electrons. The lowest BCUT2D eigenvalue weighted by Crippen LogP contribution is -2.43. The van der Waals surface area contributed by atoms with Crippen molar-refractivity contribution in [3.05, 3.63) is 53.5 Å². The van der Waals surface area contributed by atoms with Gasteiger partial charge in [0.05, 0.1) is 13.5 Å². The fourth-order valence-corrected chi connectivity index (χ4v) is 3.04. The van der Waals surface area contributed by atoms with E-state index in [0.29, 0.717) is 17.3 Å². The van der Waals surface area contributed by atoms with Gasteiger partial charge in [0.15, 0.2) is 0 Å². The lowest BCUT2D eigenvalue weighted by Gasteiger charge is -2.20. The molecule has 0 aliphatic carbocycles. The highest BCUT2D eigenvalue weighted by molar-refractivity contribution is 5.81. The second-order valence-electron chi connectivity index (χ2n) is 9.10. The van der Waals surface area contributed by atoms with E-state index in [9.17, 15) is 14.4 Å².